The Bertz CT molecular complexity index is 1300. The van der Waals surface area contributed by atoms with Gasteiger partial charge in [0.15, 0.2) is 0 Å². The summed E-state index contributed by atoms with van der Waals surface area (Å²) >= 11 is 0. The van der Waals surface area contributed by atoms with E-state index in [9.17, 15) is 13.2 Å². The first kappa shape index (κ1) is 25.0. The van der Waals surface area contributed by atoms with E-state index in [1.54, 1.807) is 36.4 Å². The lowest BCUT2D eigenvalue weighted by molar-refractivity contribution is 0.0730. The first-order valence-electron chi connectivity index (χ1n) is 11.6. The number of carbonyl (C=O) groups is 1. The fourth-order valence-corrected chi connectivity index (χ4v) is 5.43. The van der Waals surface area contributed by atoms with E-state index in [1.165, 1.54) is 10.4 Å². The molecule has 3 aromatic rings. The fourth-order valence-electron chi connectivity index (χ4n) is 3.71. The molecule has 0 spiro atoms. The minimum absolute atomic E-state index is 0.164. The fraction of sp³-hybridized carbons (Fsp3) is 0.400. The minimum atomic E-state index is -3.73. The lowest BCUT2D eigenvalue weighted by Gasteiger charge is -2.27. The molecule has 1 aliphatic rings. The number of rotatable bonds is 6. The number of aryl methyl sites for hydroxylation is 1. The average Bonchev–Trinajstić information content (AvgIpc) is 3.36. The lowest BCUT2D eigenvalue weighted by atomic mass is 9.97. The first-order valence-corrected chi connectivity index (χ1v) is 13.0. The average molecular weight is 499 g/mol. The lowest BCUT2D eigenvalue weighted by Crippen LogP contribution is -2.41. The molecule has 0 atom stereocenters. The van der Waals surface area contributed by atoms with Crippen LogP contribution < -0.4 is 5.32 Å². The van der Waals surface area contributed by atoms with Crippen molar-refractivity contribution in [1.82, 2.24) is 14.4 Å². The van der Waals surface area contributed by atoms with Gasteiger partial charge < -0.3 is 14.6 Å². The number of hydrogen-bond acceptors (Lipinski definition) is 7. The van der Waals surface area contributed by atoms with Gasteiger partial charge in [0.1, 0.15) is 0 Å². The van der Waals surface area contributed by atoms with Crippen LogP contribution in [-0.2, 0) is 26.6 Å². The van der Waals surface area contributed by atoms with Crippen molar-refractivity contribution in [3.05, 3.63) is 59.5 Å². The van der Waals surface area contributed by atoms with Gasteiger partial charge in [-0.3, -0.25) is 4.79 Å². The molecular formula is C25H30N4O5S. The monoisotopic (exact) mass is 498 g/mol. The number of morpholine rings is 1. The largest absolute Gasteiger partial charge is 0.379 e. The van der Waals surface area contributed by atoms with Crippen LogP contribution in [0.1, 0.15) is 49.5 Å². The van der Waals surface area contributed by atoms with Crippen LogP contribution in [0.15, 0.2) is 51.9 Å². The van der Waals surface area contributed by atoms with Crippen molar-refractivity contribution in [2.24, 2.45) is 0 Å². The number of nitrogens with zero attached hydrogens (tertiary/aromatic N) is 3. The van der Waals surface area contributed by atoms with Gasteiger partial charge in [-0.25, -0.2) is 8.42 Å². The van der Waals surface area contributed by atoms with E-state index in [2.05, 4.69) is 15.5 Å². The Kier molecular flexibility index (Phi) is 7.07. The van der Waals surface area contributed by atoms with Crippen LogP contribution in [0, 0.1) is 0 Å². The van der Waals surface area contributed by atoms with Crippen LogP contribution >= 0.6 is 0 Å². The summed E-state index contributed by atoms with van der Waals surface area (Å²) < 4.78 is 38.6. The van der Waals surface area contributed by atoms with Gasteiger partial charge in [0.25, 0.3) is 5.91 Å². The summed E-state index contributed by atoms with van der Waals surface area (Å²) in [5.41, 5.74) is 2.02. The molecule has 0 aliphatic carbocycles. The second kappa shape index (κ2) is 9.88. The molecule has 1 fully saturated rings. The van der Waals surface area contributed by atoms with Gasteiger partial charge in [-0.15, -0.1) is 0 Å². The number of sulfonamides is 1. The molecule has 9 nitrogen and oxygen atoms in total. The van der Waals surface area contributed by atoms with Gasteiger partial charge in [0.2, 0.25) is 21.7 Å². The highest BCUT2D eigenvalue weighted by Crippen LogP contribution is 2.26. The summed E-state index contributed by atoms with van der Waals surface area (Å²) in [5.74, 6) is 0.623. The van der Waals surface area contributed by atoms with Crippen LogP contribution in [0.5, 0.6) is 0 Å². The Morgan fingerprint density at radius 1 is 1.09 bits per heavy atom. The van der Waals surface area contributed by atoms with Gasteiger partial charge >= 0.3 is 0 Å². The normalized spacial score (nSPS) is 15.2. The molecule has 1 N–H and O–H groups in total. The molecule has 0 saturated carbocycles. The number of aromatic nitrogens is 2. The summed E-state index contributed by atoms with van der Waals surface area (Å²) in [6, 6.07) is 11.9. The molecule has 2 heterocycles. The van der Waals surface area contributed by atoms with Gasteiger partial charge in [-0.1, -0.05) is 38.9 Å². The van der Waals surface area contributed by atoms with E-state index in [0.29, 0.717) is 55.7 Å². The summed E-state index contributed by atoms with van der Waals surface area (Å²) in [6.07, 6.45) is 0.537. The van der Waals surface area contributed by atoms with Crippen molar-refractivity contribution < 1.29 is 22.5 Å². The van der Waals surface area contributed by atoms with E-state index in [0.717, 1.165) is 5.56 Å². The van der Waals surface area contributed by atoms with Crippen molar-refractivity contribution in [3.8, 4) is 11.4 Å². The SMILES string of the molecule is CCc1ccc(C(=O)Nc2ccc(-c3noc(C(C)(C)C)n3)cc2)cc1S(=O)(=O)N1CCOCC1. The number of ether oxygens (including phenoxy) is 1. The second-order valence-electron chi connectivity index (χ2n) is 9.40. The van der Waals surface area contributed by atoms with Gasteiger partial charge in [0.05, 0.1) is 18.1 Å². The van der Waals surface area contributed by atoms with Crippen LogP contribution in [0.4, 0.5) is 5.69 Å². The number of hydrogen-bond donors (Lipinski definition) is 1. The molecule has 1 aliphatic heterocycles. The molecule has 1 amide bonds. The maximum absolute atomic E-state index is 13.3. The van der Waals surface area contributed by atoms with Crippen LogP contribution in [0.2, 0.25) is 0 Å². The zero-order valence-corrected chi connectivity index (χ0v) is 21.2. The van der Waals surface area contributed by atoms with Gasteiger partial charge in [-0.2, -0.15) is 9.29 Å². The Balaban J connectivity index is 1.53. The van der Waals surface area contributed by atoms with Crippen molar-refractivity contribution in [1.29, 1.82) is 0 Å². The summed E-state index contributed by atoms with van der Waals surface area (Å²) in [7, 11) is -3.73. The first-order chi connectivity index (χ1) is 16.6. The number of amides is 1. The summed E-state index contributed by atoms with van der Waals surface area (Å²) in [4.78, 5) is 17.6. The Hall–Kier alpha value is -3.08. The Labute approximate surface area is 205 Å². The highest BCUT2D eigenvalue weighted by Gasteiger charge is 2.29. The van der Waals surface area contributed by atoms with E-state index in [4.69, 9.17) is 9.26 Å². The molecule has 4 rings (SSSR count). The third kappa shape index (κ3) is 5.44. The van der Waals surface area contributed by atoms with Crippen molar-refractivity contribution in [2.75, 3.05) is 31.6 Å². The minimum Gasteiger partial charge on any atom is -0.379 e. The van der Waals surface area contributed by atoms with Crippen LogP contribution in [0.25, 0.3) is 11.4 Å². The molecule has 0 bridgehead atoms. The van der Waals surface area contributed by atoms with Crippen molar-refractivity contribution >= 4 is 21.6 Å². The number of anilines is 1. The number of benzene rings is 2. The molecular weight excluding hydrogens is 468 g/mol. The van der Waals surface area contributed by atoms with E-state index >= 15 is 0 Å². The smallest absolute Gasteiger partial charge is 0.255 e. The third-order valence-electron chi connectivity index (χ3n) is 5.77. The van der Waals surface area contributed by atoms with Gasteiger partial charge in [0, 0.05) is 35.3 Å². The third-order valence-corrected chi connectivity index (χ3v) is 7.75. The van der Waals surface area contributed by atoms with E-state index in [1.807, 2.05) is 27.7 Å². The highest BCUT2D eigenvalue weighted by atomic mass is 32.2. The maximum Gasteiger partial charge on any atom is 0.255 e. The highest BCUT2D eigenvalue weighted by molar-refractivity contribution is 7.89. The molecule has 0 unspecified atom stereocenters. The van der Waals surface area contributed by atoms with E-state index < -0.39 is 15.9 Å². The number of nitrogens with one attached hydrogen (secondary N) is 1. The summed E-state index contributed by atoms with van der Waals surface area (Å²) in [5, 5.41) is 6.87. The predicted octanol–water partition coefficient (Wildman–Crippen LogP) is 3.87. The molecule has 0 radical (unpaired) electrons. The quantitative estimate of drug-likeness (QED) is 0.549. The second-order valence-corrected chi connectivity index (χ2v) is 11.3. The topological polar surface area (TPSA) is 115 Å². The van der Waals surface area contributed by atoms with Crippen LogP contribution in [-0.4, -0.2) is 55.1 Å². The summed E-state index contributed by atoms with van der Waals surface area (Å²) in [6.45, 7) is 9.19. The molecule has 1 aromatic heterocycles. The molecule has 35 heavy (non-hydrogen) atoms. The zero-order chi connectivity index (χ0) is 25.2. The predicted molar refractivity (Wildman–Crippen MR) is 132 cm³/mol. The Morgan fingerprint density at radius 3 is 2.37 bits per heavy atom. The zero-order valence-electron chi connectivity index (χ0n) is 20.4. The van der Waals surface area contributed by atoms with Crippen LogP contribution in [0.3, 0.4) is 0 Å². The Morgan fingerprint density at radius 2 is 1.77 bits per heavy atom. The van der Waals surface area contributed by atoms with Crippen molar-refractivity contribution in [2.45, 2.75) is 44.4 Å². The number of carbonyl (C=O) groups excluding carboxylic acids is 1. The molecule has 2 aromatic carbocycles. The van der Waals surface area contributed by atoms with Gasteiger partial charge in [-0.05, 0) is 48.4 Å². The van der Waals surface area contributed by atoms with E-state index in [-0.39, 0.29) is 15.9 Å². The molecule has 1 saturated heterocycles. The van der Waals surface area contributed by atoms with Crippen molar-refractivity contribution in [3.63, 3.8) is 0 Å². The molecule has 10 heteroatoms. The maximum atomic E-state index is 13.3. The molecule has 186 valence electrons. The standard InChI is InChI=1S/C25H30N4O5S/c1-5-17-6-7-19(16-21(17)35(31,32)29-12-14-33-15-13-29)23(30)26-20-10-8-18(9-11-20)22-27-24(34-28-22)25(2,3)4/h6-11,16H,5,12-15H2,1-4H3,(H,26,30).